The summed E-state index contributed by atoms with van der Waals surface area (Å²) in [6.07, 6.45) is 5.06. The summed E-state index contributed by atoms with van der Waals surface area (Å²) in [4.78, 5) is 4.35. The minimum atomic E-state index is -3.24. The maximum absolute atomic E-state index is 11.8. The van der Waals surface area contributed by atoms with Crippen LogP contribution in [0.1, 0.15) is 29.0 Å². The Labute approximate surface area is 194 Å². The molecule has 1 atom stereocenters. The van der Waals surface area contributed by atoms with Crippen molar-refractivity contribution in [3.8, 4) is 11.1 Å². The lowest BCUT2D eigenvalue weighted by atomic mass is 9.84. The van der Waals surface area contributed by atoms with E-state index in [1.54, 1.807) is 24.5 Å². The van der Waals surface area contributed by atoms with Crippen LogP contribution in [0.25, 0.3) is 11.1 Å². The number of rotatable bonds is 7. The van der Waals surface area contributed by atoms with Gasteiger partial charge in [0.15, 0.2) is 9.84 Å². The number of benzene rings is 3. The molecule has 3 aromatic carbocycles. The second kappa shape index (κ2) is 9.79. The highest BCUT2D eigenvalue weighted by molar-refractivity contribution is 7.90. The van der Waals surface area contributed by atoms with Crippen LogP contribution in [0.3, 0.4) is 0 Å². The summed E-state index contributed by atoms with van der Waals surface area (Å²) >= 11 is 0. The Kier molecular flexibility index (Phi) is 6.66. The van der Waals surface area contributed by atoms with Crippen molar-refractivity contribution >= 4 is 15.5 Å². The van der Waals surface area contributed by atoms with E-state index in [9.17, 15) is 13.6 Å². The first-order valence-corrected chi connectivity index (χ1v) is 12.4. The van der Waals surface area contributed by atoms with Gasteiger partial charge >= 0.3 is 0 Å². The summed E-state index contributed by atoms with van der Waals surface area (Å²) in [5.74, 6) is -0.0412. The predicted octanol–water partition coefficient (Wildman–Crippen LogP) is 5.55. The van der Waals surface area contributed by atoms with Crippen molar-refractivity contribution in [1.29, 1.82) is 0 Å². The van der Waals surface area contributed by atoms with E-state index in [-0.39, 0.29) is 5.92 Å². The molecule has 6 heteroatoms. The fourth-order valence-corrected chi connectivity index (χ4v) is 4.53. The van der Waals surface area contributed by atoms with Crippen molar-refractivity contribution < 1.29 is 13.6 Å². The van der Waals surface area contributed by atoms with Crippen LogP contribution in [-0.2, 0) is 9.84 Å². The zero-order valence-corrected chi connectivity index (χ0v) is 19.0. The summed E-state index contributed by atoms with van der Waals surface area (Å²) in [5, 5.41) is 13.4. The minimum absolute atomic E-state index is 0.0412. The molecule has 0 radical (unpaired) electrons. The molecule has 0 bridgehead atoms. The van der Waals surface area contributed by atoms with Gasteiger partial charge in [0.05, 0.1) is 10.6 Å². The van der Waals surface area contributed by atoms with E-state index in [1.165, 1.54) is 6.26 Å². The van der Waals surface area contributed by atoms with Crippen LogP contribution >= 0.6 is 0 Å². The van der Waals surface area contributed by atoms with Gasteiger partial charge in [-0.3, -0.25) is 4.98 Å². The Morgan fingerprint density at radius 1 is 0.848 bits per heavy atom. The van der Waals surface area contributed by atoms with Gasteiger partial charge in [-0.05, 0) is 46.5 Å². The zero-order chi connectivity index (χ0) is 23.3. The van der Waals surface area contributed by atoms with Crippen LogP contribution in [-0.4, -0.2) is 30.6 Å². The minimum Gasteiger partial charge on any atom is -0.411 e. The molecule has 33 heavy (non-hydrogen) atoms. The molecule has 0 aliphatic carbocycles. The third-order valence-electron chi connectivity index (χ3n) is 5.64. The summed E-state index contributed by atoms with van der Waals surface area (Å²) in [6.45, 7) is 0. The Hall–Kier alpha value is -3.77. The highest BCUT2D eigenvalue weighted by Gasteiger charge is 2.19. The highest BCUT2D eigenvalue weighted by atomic mass is 32.2. The molecule has 1 aromatic heterocycles. The van der Waals surface area contributed by atoms with E-state index >= 15 is 0 Å². The van der Waals surface area contributed by atoms with Gasteiger partial charge in [0.2, 0.25) is 0 Å². The molecular weight excluding hydrogens is 432 g/mol. The summed E-state index contributed by atoms with van der Waals surface area (Å²) in [7, 11) is -3.24. The highest BCUT2D eigenvalue weighted by Crippen LogP contribution is 2.32. The van der Waals surface area contributed by atoms with Crippen LogP contribution in [0.5, 0.6) is 0 Å². The van der Waals surface area contributed by atoms with Crippen LogP contribution in [0.2, 0.25) is 0 Å². The lowest BCUT2D eigenvalue weighted by molar-refractivity contribution is 0.317. The molecule has 1 N–H and O–H groups in total. The van der Waals surface area contributed by atoms with Crippen LogP contribution < -0.4 is 0 Å². The normalized spacial score (nSPS) is 12.9. The van der Waals surface area contributed by atoms with E-state index in [1.807, 2.05) is 54.6 Å². The summed E-state index contributed by atoms with van der Waals surface area (Å²) in [6, 6.07) is 28.8. The zero-order valence-electron chi connectivity index (χ0n) is 18.2. The second-order valence-electron chi connectivity index (χ2n) is 7.87. The van der Waals surface area contributed by atoms with E-state index in [4.69, 9.17) is 0 Å². The Balaban J connectivity index is 1.72. The van der Waals surface area contributed by atoms with Crippen molar-refractivity contribution in [2.24, 2.45) is 5.16 Å². The Morgan fingerprint density at radius 3 is 2.15 bits per heavy atom. The Bertz CT molecular complexity index is 1350. The van der Waals surface area contributed by atoms with E-state index in [0.717, 1.165) is 27.8 Å². The van der Waals surface area contributed by atoms with E-state index < -0.39 is 9.84 Å². The van der Waals surface area contributed by atoms with Gasteiger partial charge in [-0.25, -0.2) is 8.42 Å². The lowest BCUT2D eigenvalue weighted by Crippen LogP contribution is -2.10. The largest absolute Gasteiger partial charge is 0.411 e. The van der Waals surface area contributed by atoms with Crippen LogP contribution in [0.4, 0.5) is 0 Å². The van der Waals surface area contributed by atoms with Gasteiger partial charge in [0.25, 0.3) is 0 Å². The van der Waals surface area contributed by atoms with Crippen molar-refractivity contribution in [3.63, 3.8) is 0 Å². The fourth-order valence-electron chi connectivity index (χ4n) is 3.90. The lowest BCUT2D eigenvalue weighted by Gasteiger charge is -2.20. The first-order valence-electron chi connectivity index (χ1n) is 10.5. The quantitative estimate of drug-likeness (QED) is 0.225. The summed E-state index contributed by atoms with van der Waals surface area (Å²) in [5.41, 5.74) is 5.50. The molecule has 166 valence electrons. The van der Waals surface area contributed by atoms with Gasteiger partial charge in [-0.15, -0.1) is 0 Å². The number of pyridine rings is 1. The maximum atomic E-state index is 11.8. The van der Waals surface area contributed by atoms with Gasteiger partial charge in [0, 0.05) is 36.6 Å². The standard InChI is InChI=1S/C27H24N2O3S/c1-33(31,32)25-12-10-20(11-13-25)23-8-5-9-24(18-23)26(21-6-3-2-4-7-21)19-27(29-30)22-14-16-28-17-15-22/h2-18,26,30H,19H2,1H3. The number of nitrogens with zero attached hydrogens (tertiary/aromatic N) is 2. The smallest absolute Gasteiger partial charge is 0.175 e. The monoisotopic (exact) mass is 456 g/mol. The number of hydrogen-bond acceptors (Lipinski definition) is 5. The van der Waals surface area contributed by atoms with Crippen LogP contribution in [0.15, 0.2) is 113 Å². The third kappa shape index (κ3) is 5.35. The fraction of sp³-hybridized carbons (Fsp3) is 0.111. The second-order valence-corrected chi connectivity index (χ2v) is 9.89. The molecular formula is C27H24N2O3S. The third-order valence-corrected chi connectivity index (χ3v) is 6.77. The molecule has 0 fully saturated rings. The number of aromatic nitrogens is 1. The van der Waals surface area contributed by atoms with Gasteiger partial charge < -0.3 is 5.21 Å². The maximum Gasteiger partial charge on any atom is 0.175 e. The first-order chi connectivity index (χ1) is 16.0. The number of sulfone groups is 1. The molecule has 1 unspecified atom stereocenters. The Morgan fingerprint density at radius 2 is 1.52 bits per heavy atom. The van der Waals surface area contributed by atoms with Gasteiger partial charge in [-0.2, -0.15) is 0 Å². The molecule has 1 heterocycles. The van der Waals surface area contributed by atoms with Crippen LogP contribution in [0, 0.1) is 0 Å². The molecule has 0 saturated carbocycles. The molecule has 0 amide bonds. The van der Waals surface area contributed by atoms with Crippen molar-refractivity contribution in [1.82, 2.24) is 4.98 Å². The molecule has 0 aliphatic rings. The summed E-state index contributed by atoms with van der Waals surface area (Å²) < 4.78 is 23.6. The van der Waals surface area contributed by atoms with Crippen molar-refractivity contribution in [2.75, 3.05) is 6.26 Å². The molecule has 0 spiro atoms. The first kappa shape index (κ1) is 22.4. The predicted molar refractivity (Wildman–Crippen MR) is 130 cm³/mol. The average molecular weight is 457 g/mol. The molecule has 0 aliphatic heterocycles. The molecule has 5 nitrogen and oxygen atoms in total. The topological polar surface area (TPSA) is 79.6 Å². The molecule has 4 rings (SSSR count). The average Bonchev–Trinajstić information content (AvgIpc) is 2.85. The van der Waals surface area contributed by atoms with Gasteiger partial charge in [0.1, 0.15) is 0 Å². The van der Waals surface area contributed by atoms with Crippen molar-refractivity contribution in [3.05, 3.63) is 120 Å². The molecule has 4 aromatic rings. The number of hydrogen-bond donors (Lipinski definition) is 1. The van der Waals surface area contributed by atoms with E-state index in [0.29, 0.717) is 17.0 Å². The SMILES string of the molecule is CS(=O)(=O)c1ccc(-c2cccc(C(CC(=NO)c3ccncc3)c3ccccc3)c2)cc1. The van der Waals surface area contributed by atoms with E-state index in [2.05, 4.69) is 34.4 Å². The van der Waals surface area contributed by atoms with Gasteiger partial charge in [-0.1, -0.05) is 71.9 Å². The molecule has 0 saturated heterocycles. The number of oxime groups is 1. The van der Waals surface area contributed by atoms with Crippen molar-refractivity contribution in [2.45, 2.75) is 17.2 Å².